The monoisotopic (exact) mass is 359 g/mol. The predicted octanol–water partition coefficient (Wildman–Crippen LogP) is 1.38. The molecule has 0 fully saturated rings. The zero-order chi connectivity index (χ0) is 19.1. The van der Waals surface area contributed by atoms with Crippen molar-refractivity contribution < 1.29 is 4.79 Å². The number of aromatic amines is 1. The van der Waals surface area contributed by atoms with Gasteiger partial charge in [-0.15, -0.1) is 0 Å². The van der Waals surface area contributed by atoms with Crippen molar-refractivity contribution in [2.75, 3.05) is 29.0 Å². The van der Waals surface area contributed by atoms with Gasteiger partial charge in [-0.25, -0.2) is 4.79 Å². The van der Waals surface area contributed by atoms with Gasteiger partial charge in [0.1, 0.15) is 11.5 Å². The molecule has 8 nitrogen and oxygen atoms in total. The molecule has 0 unspecified atom stereocenters. The number of nitrogen functional groups attached to an aromatic ring is 1. The summed E-state index contributed by atoms with van der Waals surface area (Å²) in [7, 11) is 0. The lowest BCUT2D eigenvalue weighted by Gasteiger charge is -2.24. The first-order chi connectivity index (χ1) is 12.5. The molecule has 1 aromatic heterocycles. The van der Waals surface area contributed by atoms with Crippen LogP contribution in [0.5, 0.6) is 0 Å². The van der Waals surface area contributed by atoms with Crippen LogP contribution in [0.25, 0.3) is 0 Å². The van der Waals surface area contributed by atoms with Crippen LogP contribution in [-0.4, -0.2) is 28.5 Å². The fourth-order valence-electron chi connectivity index (χ4n) is 2.67. The van der Waals surface area contributed by atoms with Crippen LogP contribution in [0.3, 0.4) is 0 Å². The molecular formula is C18H25N5O3. The molecule has 1 amide bonds. The standard InChI is InChI=1S/C18H25N5O3/c1-3-5-11-23-16(19)15(17(25)21-18(23)26)22(4-2)12-14(24)20-13-9-7-6-8-10-13/h6-10H,3-5,11-12,19H2,1-2H3,(H,20,24)(H,21,25,26). The lowest BCUT2D eigenvalue weighted by molar-refractivity contribution is -0.115. The molecule has 4 N–H and O–H groups in total. The number of anilines is 3. The summed E-state index contributed by atoms with van der Waals surface area (Å²) in [4.78, 5) is 40.5. The van der Waals surface area contributed by atoms with E-state index in [1.807, 2.05) is 32.0 Å². The third-order valence-corrected chi connectivity index (χ3v) is 4.04. The Hall–Kier alpha value is -3.03. The Kier molecular flexibility index (Phi) is 6.60. The van der Waals surface area contributed by atoms with E-state index in [-0.39, 0.29) is 24.0 Å². The van der Waals surface area contributed by atoms with E-state index >= 15 is 0 Å². The average molecular weight is 359 g/mol. The largest absolute Gasteiger partial charge is 0.383 e. The van der Waals surface area contributed by atoms with Gasteiger partial charge in [-0.2, -0.15) is 0 Å². The number of hydrogen-bond donors (Lipinski definition) is 3. The molecule has 1 aromatic carbocycles. The molecule has 8 heteroatoms. The number of likely N-dealkylation sites (N-methyl/N-ethyl adjacent to an activating group) is 1. The third kappa shape index (κ3) is 4.53. The van der Waals surface area contributed by atoms with E-state index in [2.05, 4.69) is 10.3 Å². The van der Waals surface area contributed by atoms with Crippen molar-refractivity contribution >= 4 is 23.1 Å². The number of amides is 1. The van der Waals surface area contributed by atoms with Gasteiger partial charge < -0.3 is 16.0 Å². The Morgan fingerprint density at radius 2 is 1.92 bits per heavy atom. The molecule has 0 atom stereocenters. The maximum Gasteiger partial charge on any atom is 0.330 e. The number of hydrogen-bond acceptors (Lipinski definition) is 5. The fourth-order valence-corrected chi connectivity index (χ4v) is 2.67. The SMILES string of the molecule is CCCCn1c(N)c(N(CC)CC(=O)Nc2ccccc2)c(=O)[nH]c1=O. The van der Waals surface area contributed by atoms with Gasteiger partial charge in [0.05, 0.1) is 6.54 Å². The molecular weight excluding hydrogens is 334 g/mol. The van der Waals surface area contributed by atoms with Crippen LogP contribution in [0.2, 0.25) is 0 Å². The van der Waals surface area contributed by atoms with Crippen LogP contribution in [0.1, 0.15) is 26.7 Å². The van der Waals surface area contributed by atoms with Gasteiger partial charge in [0.15, 0.2) is 0 Å². The second-order valence-electron chi connectivity index (χ2n) is 5.93. The van der Waals surface area contributed by atoms with E-state index in [0.29, 0.717) is 18.8 Å². The maximum absolute atomic E-state index is 12.3. The van der Waals surface area contributed by atoms with Gasteiger partial charge in [-0.05, 0) is 25.5 Å². The number of nitrogens with two attached hydrogens (primary N) is 1. The van der Waals surface area contributed by atoms with Crippen molar-refractivity contribution in [1.29, 1.82) is 0 Å². The summed E-state index contributed by atoms with van der Waals surface area (Å²) < 4.78 is 1.35. The van der Waals surface area contributed by atoms with Crippen LogP contribution in [0.15, 0.2) is 39.9 Å². The van der Waals surface area contributed by atoms with Crippen molar-refractivity contribution in [3.05, 3.63) is 51.2 Å². The number of carbonyl (C=O) groups excluding carboxylic acids is 1. The first kappa shape index (κ1) is 19.3. The van der Waals surface area contributed by atoms with E-state index in [1.165, 1.54) is 4.57 Å². The molecule has 2 rings (SSSR count). The molecule has 0 aliphatic rings. The van der Waals surface area contributed by atoms with Crippen LogP contribution in [0.4, 0.5) is 17.2 Å². The highest BCUT2D eigenvalue weighted by atomic mass is 16.2. The number of nitrogens with one attached hydrogen (secondary N) is 2. The summed E-state index contributed by atoms with van der Waals surface area (Å²) >= 11 is 0. The Bertz CT molecular complexity index is 857. The Morgan fingerprint density at radius 3 is 2.54 bits per heavy atom. The summed E-state index contributed by atoms with van der Waals surface area (Å²) in [5.74, 6) is -0.190. The van der Waals surface area contributed by atoms with Crippen molar-refractivity contribution in [3.63, 3.8) is 0 Å². The van der Waals surface area contributed by atoms with Gasteiger partial charge in [-0.3, -0.25) is 19.1 Å². The zero-order valence-corrected chi connectivity index (χ0v) is 15.1. The smallest absolute Gasteiger partial charge is 0.330 e. The molecule has 0 spiro atoms. The van der Waals surface area contributed by atoms with Gasteiger partial charge >= 0.3 is 5.69 Å². The summed E-state index contributed by atoms with van der Waals surface area (Å²) in [5, 5.41) is 2.77. The second kappa shape index (κ2) is 8.89. The van der Waals surface area contributed by atoms with Crippen molar-refractivity contribution in [1.82, 2.24) is 9.55 Å². The minimum Gasteiger partial charge on any atom is -0.383 e. The molecule has 26 heavy (non-hydrogen) atoms. The van der Waals surface area contributed by atoms with Crippen molar-refractivity contribution in [2.45, 2.75) is 33.2 Å². The number of benzene rings is 1. The van der Waals surface area contributed by atoms with Gasteiger partial charge in [0, 0.05) is 18.8 Å². The number of nitrogens with zero attached hydrogens (tertiary/aromatic N) is 2. The molecule has 0 bridgehead atoms. The normalized spacial score (nSPS) is 10.5. The Labute approximate surface area is 151 Å². The Morgan fingerprint density at radius 1 is 1.23 bits per heavy atom. The molecule has 0 saturated heterocycles. The molecule has 2 aromatic rings. The number of unbranched alkanes of at least 4 members (excludes halogenated alkanes) is 1. The van der Waals surface area contributed by atoms with Crippen molar-refractivity contribution in [3.8, 4) is 0 Å². The fraction of sp³-hybridized carbons (Fsp3) is 0.389. The number of H-pyrrole nitrogens is 1. The maximum atomic E-state index is 12.3. The number of carbonyl (C=O) groups is 1. The first-order valence-corrected chi connectivity index (χ1v) is 8.70. The van der Waals surface area contributed by atoms with E-state index in [0.717, 1.165) is 12.8 Å². The Balaban J connectivity index is 2.27. The van der Waals surface area contributed by atoms with Crippen molar-refractivity contribution in [2.24, 2.45) is 0 Å². The number of aromatic nitrogens is 2. The van der Waals surface area contributed by atoms with E-state index < -0.39 is 11.2 Å². The van der Waals surface area contributed by atoms with E-state index in [4.69, 9.17) is 5.73 Å². The zero-order valence-electron chi connectivity index (χ0n) is 15.1. The summed E-state index contributed by atoms with van der Waals surface area (Å²) in [6.07, 6.45) is 1.65. The lowest BCUT2D eigenvalue weighted by atomic mass is 10.3. The van der Waals surface area contributed by atoms with E-state index in [9.17, 15) is 14.4 Å². The highest BCUT2D eigenvalue weighted by molar-refractivity contribution is 5.94. The molecule has 140 valence electrons. The van der Waals surface area contributed by atoms with E-state index in [1.54, 1.807) is 17.0 Å². The topological polar surface area (TPSA) is 113 Å². The second-order valence-corrected chi connectivity index (χ2v) is 5.93. The van der Waals surface area contributed by atoms with Crippen LogP contribution >= 0.6 is 0 Å². The molecule has 0 aliphatic heterocycles. The highest BCUT2D eigenvalue weighted by Gasteiger charge is 2.19. The average Bonchev–Trinajstić information content (AvgIpc) is 2.61. The highest BCUT2D eigenvalue weighted by Crippen LogP contribution is 2.17. The molecule has 1 heterocycles. The number of rotatable bonds is 8. The minimum atomic E-state index is -0.588. The minimum absolute atomic E-state index is 0.0509. The number of para-hydroxylation sites is 1. The predicted molar refractivity (Wildman–Crippen MR) is 104 cm³/mol. The lowest BCUT2D eigenvalue weighted by Crippen LogP contribution is -2.41. The van der Waals surface area contributed by atoms with Crippen LogP contribution in [0, 0.1) is 0 Å². The summed E-state index contributed by atoms with van der Waals surface area (Å²) in [6.45, 7) is 4.57. The first-order valence-electron chi connectivity index (χ1n) is 8.70. The molecule has 0 aliphatic carbocycles. The summed E-state index contributed by atoms with van der Waals surface area (Å²) in [5.41, 5.74) is 5.79. The van der Waals surface area contributed by atoms with Gasteiger partial charge in [0.25, 0.3) is 5.56 Å². The van der Waals surface area contributed by atoms with Gasteiger partial charge in [-0.1, -0.05) is 31.5 Å². The molecule has 0 saturated carbocycles. The van der Waals surface area contributed by atoms with Crippen LogP contribution < -0.4 is 27.2 Å². The van der Waals surface area contributed by atoms with Crippen LogP contribution in [-0.2, 0) is 11.3 Å². The quantitative estimate of drug-likeness (QED) is 0.659. The summed E-state index contributed by atoms with van der Waals surface area (Å²) in [6, 6.07) is 9.05. The third-order valence-electron chi connectivity index (χ3n) is 4.04. The molecule has 0 radical (unpaired) electrons. The van der Waals surface area contributed by atoms with Gasteiger partial charge in [0.2, 0.25) is 5.91 Å².